The van der Waals surface area contributed by atoms with Crippen LogP contribution in [0.4, 0.5) is 0 Å². The molecule has 0 radical (unpaired) electrons. The van der Waals surface area contributed by atoms with Gasteiger partial charge in [0.05, 0.1) is 17.7 Å². The van der Waals surface area contributed by atoms with Crippen molar-refractivity contribution in [2.24, 2.45) is 5.41 Å². The van der Waals surface area contributed by atoms with Gasteiger partial charge in [-0.25, -0.2) is 9.78 Å². The molecule has 1 atom stereocenters. The summed E-state index contributed by atoms with van der Waals surface area (Å²) >= 11 is 0. The number of Topliss-reactive ketones (excluding diaryl/α,β-unsaturated/α-hetero) is 1. The summed E-state index contributed by atoms with van der Waals surface area (Å²) in [5.74, 6) is -1.40. The van der Waals surface area contributed by atoms with E-state index in [0.29, 0.717) is 29.9 Å². The van der Waals surface area contributed by atoms with Crippen LogP contribution >= 0.6 is 0 Å². The first-order valence-electron chi connectivity index (χ1n) is 7.16. The summed E-state index contributed by atoms with van der Waals surface area (Å²) in [5.41, 5.74) is 1.83. The fourth-order valence-electron chi connectivity index (χ4n) is 3.37. The second-order valence-electron chi connectivity index (χ2n) is 6.64. The molecule has 6 nitrogen and oxygen atoms in total. The molecule has 0 saturated heterocycles. The maximum atomic E-state index is 12.6. The number of nitrogens with one attached hydrogen (secondary N) is 1. The summed E-state index contributed by atoms with van der Waals surface area (Å²) in [5, 5.41) is 12.7. The number of oxazole rings is 1. The van der Waals surface area contributed by atoms with Crippen LogP contribution in [0.1, 0.15) is 45.3 Å². The average Bonchev–Trinajstić information content (AvgIpc) is 2.88. The van der Waals surface area contributed by atoms with Gasteiger partial charge >= 0.3 is 5.97 Å². The molecule has 0 saturated carbocycles. The Labute approximate surface area is 127 Å². The molecule has 1 aromatic rings. The quantitative estimate of drug-likeness (QED) is 0.871. The third-order valence-corrected chi connectivity index (χ3v) is 4.21. The van der Waals surface area contributed by atoms with E-state index in [-0.39, 0.29) is 16.8 Å². The molecule has 3 rings (SSSR count). The van der Waals surface area contributed by atoms with E-state index in [2.05, 4.69) is 10.3 Å². The summed E-state index contributed by atoms with van der Waals surface area (Å²) in [4.78, 5) is 28.2. The molecule has 0 amide bonds. The van der Waals surface area contributed by atoms with E-state index in [9.17, 15) is 14.7 Å². The van der Waals surface area contributed by atoms with Crippen molar-refractivity contribution in [3.8, 4) is 0 Å². The van der Waals surface area contributed by atoms with Crippen LogP contribution in [0.15, 0.2) is 39.5 Å². The van der Waals surface area contributed by atoms with E-state index in [4.69, 9.17) is 4.42 Å². The van der Waals surface area contributed by atoms with Crippen LogP contribution in [0.25, 0.3) is 0 Å². The Kier molecular flexibility index (Phi) is 3.20. The molecule has 1 aromatic heterocycles. The molecular weight excluding hydrogens is 284 g/mol. The fourth-order valence-corrected chi connectivity index (χ4v) is 3.37. The number of dihydropyridines is 1. The summed E-state index contributed by atoms with van der Waals surface area (Å²) in [6.07, 6.45) is 3.82. The second-order valence-corrected chi connectivity index (χ2v) is 6.64. The Balaban J connectivity index is 2.18. The first-order valence-corrected chi connectivity index (χ1v) is 7.16. The Hall–Kier alpha value is -2.37. The lowest BCUT2D eigenvalue weighted by Crippen LogP contribution is -2.38. The van der Waals surface area contributed by atoms with Crippen LogP contribution in [-0.2, 0) is 9.59 Å². The van der Waals surface area contributed by atoms with Gasteiger partial charge in [0.15, 0.2) is 12.2 Å². The number of rotatable bonds is 2. The van der Waals surface area contributed by atoms with E-state index >= 15 is 0 Å². The molecule has 0 bridgehead atoms. The van der Waals surface area contributed by atoms with Crippen LogP contribution in [0, 0.1) is 5.41 Å². The monoisotopic (exact) mass is 302 g/mol. The largest absolute Gasteiger partial charge is 0.478 e. The molecule has 1 unspecified atom stereocenters. The topological polar surface area (TPSA) is 92.4 Å². The van der Waals surface area contributed by atoms with Crippen LogP contribution in [0.3, 0.4) is 0 Å². The molecule has 0 fully saturated rings. The fraction of sp³-hybridized carbons (Fsp3) is 0.438. The number of hydrogen-bond acceptors (Lipinski definition) is 5. The second kappa shape index (κ2) is 4.83. The maximum absolute atomic E-state index is 12.6. The molecule has 0 aromatic carbocycles. The van der Waals surface area contributed by atoms with Crippen molar-refractivity contribution in [1.29, 1.82) is 0 Å². The molecule has 0 spiro atoms. The Morgan fingerprint density at radius 3 is 2.77 bits per heavy atom. The Morgan fingerprint density at radius 2 is 2.18 bits per heavy atom. The van der Waals surface area contributed by atoms with Gasteiger partial charge in [0.25, 0.3) is 0 Å². The Bertz CT molecular complexity index is 711. The van der Waals surface area contributed by atoms with Crippen LogP contribution in [-0.4, -0.2) is 21.8 Å². The van der Waals surface area contributed by atoms with Crippen LogP contribution < -0.4 is 5.32 Å². The van der Waals surface area contributed by atoms with Gasteiger partial charge < -0.3 is 14.8 Å². The van der Waals surface area contributed by atoms with E-state index in [0.717, 1.165) is 5.70 Å². The van der Waals surface area contributed by atoms with Gasteiger partial charge in [0.1, 0.15) is 5.76 Å². The zero-order valence-corrected chi connectivity index (χ0v) is 12.8. The molecule has 2 aliphatic rings. The van der Waals surface area contributed by atoms with Crippen LogP contribution in [0.2, 0.25) is 0 Å². The molecule has 1 aliphatic carbocycles. The highest BCUT2D eigenvalue weighted by molar-refractivity contribution is 6.03. The lowest BCUT2D eigenvalue weighted by Gasteiger charge is -2.38. The maximum Gasteiger partial charge on any atom is 0.334 e. The zero-order chi connectivity index (χ0) is 16.1. The van der Waals surface area contributed by atoms with Crippen molar-refractivity contribution in [2.75, 3.05) is 0 Å². The van der Waals surface area contributed by atoms with E-state index in [1.807, 2.05) is 13.8 Å². The molecule has 1 aliphatic heterocycles. The highest BCUT2D eigenvalue weighted by Crippen LogP contribution is 2.46. The van der Waals surface area contributed by atoms with Crippen molar-refractivity contribution in [1.82, 2.24) is 10.3 Å². The number of carbonyl (C=O) groups excluding carboxylic acids is 1. The predicted molar refractivity (Wildman–Crippen MR) is 77.8 cm³/mol. The molecular formula is C16H18N2O4. The molecule has 2 heterocycles. The van der Waals surface area contributed by atoms with Gasteiger partial charge in [-0.15, -0.1) is 0 Å². The van der Waals surface area contributed by atoms with E-state index in [1.165, 1.54) is 12.6 Å². The number of allylic oxidation sites excluding steroid dienone is 3. The van der Waals surface area contributed by atoms with Gasteiger partial charge in [-0.05, 0) is 18.8 Å². The van der Waals surface area contributed by atoms with E-state index < -0.39 is 11.9 Å². The van der Waals surface area contributed by atoms with Crippen molar-refractivity contribution in [3.05, 3.63) is 40.9 Å². The average molecular weight is 302 g/mol. The highest BCUT2D eigenvalue weighted by Gasteiger charge is 2.43. The highest BCUT2D eigenvalue weighted by atomic mass is 16.4. The number of ketones is 1. The number of nitrogens with zero attached hydrogens (tertiary/aromatic N) is 1. The summed E-state index contributed by atoms with van der Waals surface area (Å²) in [6, 6.07) is 0. The smallest absolute Gasteiger partial charge is 0.334 e. The van der Waals surface area contributed by atoms with Gasteiger partial charge in [0.2, 0.25) is 0 Å². The van der Waals surface area contributed by atoms with E-state index in [1.54, 1.807) is 6.92 Å². The molecule has 22 heavy (non-hydrogen) atoms. The van der Waals surface area contributed by atoms with Gasteiger partial charge in [-0.1, -0.05) is 13.8 Å². The predicted octanol–water partition coefficient (Wildman–Crippen LogP) is 2.36. The molecule has 2 N–H and O–H groups in total. The first kappa shape index (κ1) is 14.6. The minimum atomic E-state index is -1.06. The third kappa shape index (κ3) is 2.24. The minimum absolute atomic E-state index is 0.0357. The number of aromatic nitrogens is 1. The number of aliphatic carboxylic acids is 1. The van der Waals surface area contributed by atoms with Gasteiger partial charge in [-0.3, -0.25) is 4.79 Å². The standard InChI is InChI=1S/C16H18N2O4/c1-8-12(15(20)21)14(11-6-17-7-22-11)13-9(18-8)4-16(2,3)5-10(13)19/h6-7,14,18H,4-5H2,1-3H3,(H,20,21). The number of carboxylic acid groups (broad SMARTS) is 1. The molecule has 116 valence electrons. The van der Waals surface area contributed by atoms with Gasteiger partial charge in [0, 0.05) is 23.4 Å². The Morgan fingerprint density at radius 1 is 1.45 bits per heavy atom. The number of carboxylic acids is 1. The minimum Gasteiger partial charge on any atom is -0.478 e. The van der Waals surface area contributed by atoms with Crippen molar-refractivity contribution < 1.29 is 19.1 Å². The zero-order valence-electron chi connectivity index (χ0n) is 12.8. The van der Waals surface area contributed by atoms with Crippen molar-refractivity contribution in [3.63, 3.8) is 0 Å². The SMILES string of the molecule is CC1=C(C(=O)O)C(c2cnco2)C2=C(CC(C)(C)CC2=O)N1. The van der Waals surface area contributed by atoms with Crippen molar-refractivity contribution >= 4 is 11.8 Å². The normalized spacial score (nSPS) is 24.1. The lowest BCUT2D eigenvalue weighted by atomic mass is 9.69. The number of carbonyl (C=O) groups is 2. The summed E-state index contributed by atoms with van der Waals surface area (Å²) in [6.45, 7) is 5.78. The number of hydrogen-bond donors (Lipinski definition) is 2. The molecule has 6 heteroatoms. The third-order valence-electron chi connectivity index (χ3n) is 4.21. The lowest BCUT2D eigenvalue weighted by molar-refractivity contribution is -0.133. The summed E-state index contributed by atoms with van der Waals surface area (Å²) in [7, 11) is 0. The first-order chi connectivity index (χ1) is 10.3. The summed E-state index contributed by atoms with van der Waals surface area (Å²) < 4.78 is 5.33. The van der Waals surface area contributed by atoms with Gasteiger partial charge in [-0.2, -0.15) is 0 Å². The van der Waals surface area contributed by atoms with Crippen LogP contribution in [0.5, 0.6) is 0 Å². The van der Waals surface area contributed by atoms with Crippen molar-refractivity contribution in [2.45, 2.75) is 39.5 Å².